The summed E-state index contributed by atoms with van der Waals surface area (Å²) < 4.78 is 27.1. The molecular weight excluding hydrogens is 485 g/mol. The molecule has 0 amide bonds. The number of halogens is 2. The van der Waals surface area contributed by atoms with Gasteiger partial charge in [0, 0.05) is 23.8 Å². The highest BCUT2D eigenvalue weighted by molar-refractivity contribution is 7.99. The summed E-state index contributed by atoms with van der Waals surface area (Å²) in [4.78, 5) is 4.49. The van der Waals surface area contributed by atoms with Crippen LogP contribution in [-0.2, 0) is 9.47 Å². The van der Waals surface area contributed by atoms with Gasteiger partial charge in [0.15, 0.2) is 5.69 Å². The van der Waals surface area contributed by atoms with Gasteiger partial charge in [0.25, 0.3) is 0 Å². The number of aliphatic hydroxyl groups is 2. The average Bonchev–Trinajstić information content (AvgIpc) is 3.31. The third-order valence-electron chi connectivity index (χ3n) is 5.55. The zero-order valence-corrected chi connectivity index (χ0v) is 19.7. The minimum Gasteiger partial charge on any atom is -0.394 e. The molecule has 1 aliphatic rings. The predicted octanol–water partition coefficient (Wildman–Crippen LogP) is 2.74. The van der Waals surface area contributed by atoms with E-state index < -0.39 is 36.4 Å². The van der Waals surface area contributed by atoms with Gasteiger partial charge in [-0.1, -0.05) is 40.7 Å². The Morgan fingerprint density at radius 1 is 1.38 bits per heavy atom. The Bertz CT molecular complexity index is 1220. The van der Waals surface area contributed by atoms with Crippen molar-refractivity contribution in [3.8, 4) is 17.3 Å². The fourth-order valence-corrected chi connectivity index (χ4v) is 5.22. The minimum absolute atomic E-state index is 0.153. The number of aliphatic hydroxyl groups excluding tert-OH is 2. The van der Waals surface area contributed by atoms with E-state index in [1.165, 1.54) is 24.1 Å². The number of benzene rings is 1. The van der Waals surface area contributed by atoms with E-state index in [2.05, 4.69) is 15.3 Å². The van der Waals surface area contributed by atoms with Crippen LogP contribution in [0.15, 0.2) is 41.6 Å². The number of aryl methyl sites for hydroxylation is 1. The second-order valence-electron chi connectivity index (χ2n) is 7.68. The monoisotopic (exact) mass is 505 g/mol. The molecule has 0 radical (unpaired) electrons. The van der Waals surface area contributed by atoms with Crippen molar-refractivity contribution in [3.63, 3.8) is 0 Å². The number of hydrogen-bond donors (Lipinski definition) is 2. The summed E-state index contributed by atoms with van der Waals surface area (Å²) in [7, 11) is 1.45. The Balaban J connectivity index is 1.68. The van der Waals surface area contributed by atoms with Crippen LogP contribution >= 0.6 is 23.4 Å². The SMILES string of the molecule is CO[C@@H]1[C@@H](n2cc(-c3ccc(C)c(F)c3)nn2)[C@@H](O)[C@@H](CO)O[C@@H]1Sc1cc(Cl)cnc1C#N. The highest BCUT2D eigenvalue weighted by Gasteiger charge is 2.47. The van der Waals surface area contributed by atoms with Crippen molar-refractivity contribution < 1.29 is 24.1 Å². The van der Waals surface area contributed by atoms with Gasteiger partial charge in [-0.15, -0.1) is 5.10 Å². The van der Waals surface area contributed by atoms with E-state index in [9.17, 15) is 19.9 Å². The Morgan fingerprint density at radius 2 is 2.18 bits per heavy atom. The first-order valence-electron chi connectivity index (χ1n) is 10.2. The number of ether oxygens (including phenoxy) is 2. The van der Waals surface area contributed by atoms with Crippen LogP contribution in [0.25, 0.3) is 11.3 Å². The molecule has 2 N–H and O–H groups in total. The molecule has 34 heavy (non-hydrogen) atoms. The Hall–Kier alpha value is -2.59. The molecule has 9 nitrogen and oxygen atoms in total. The van der Waals surface area contributed by atoms with Gasteiger partial charge in [-0.05, 0) is 24.6 Å². The van der Waals surface area contributed by atoms with E-state index in [1.807, 2.05) is 6.07 Å². The molecule has 1 aliphatic heterocycles. The van der Waals surface area contributed by atoms with Gasteiger partial charge in [-0.3, -0.25) is 0 Å². The van der Waals surface area contributed by atoms with Crippen molar-refractivity contribution >= 4 is 23.4 Å². The van der Waals surface area contributed by atoms with Gasteiger partial charge in [0.1, 0.15) is 47.4 Å². The van der Waals surface area contributed by atoms with Gasteiger partial charge in [0.2, 0.25) is 0 Å². The summed E-state index contributed by atoms with van der Waals surface area (Å²) in [5.74, 6) is -0.367. The van der Waals surface area contributed by atoms with Gasteiger partial charge in [-0.2, -0.15) is 5.26 Å². The maximum Gasteiger partial charge on any atom is 0.154 e. The second-order valence-corrected chi connectivity index (χ2v) is 9.26. The average molecular weight is 506 g/mol. The van der Waals surface area contributed by atoms with Crippen molar-refractivity contribution in [1.82, 2.24) is 20.0 Å². The molecule has 0 aliphatic carbocycles. The minimum atomic E-state index is -1.19. The molecule has 1 fully saturated rings. The molecule has 0 spiro atoms. The summed E-state index contributed by atoms with van der Waals surface area (Å²) in [5, 5.41) is 38.8. The number of thioether (sulfide) groups is 1. The normalized spacial score (nSPS) is 24.7. The quantitative estimate of drug-likeness (QED) is 0.519. The first kappa shape index (κ1) is 24.5. The number of pyridine rings is 1. The summed E-state index contributed by atoms with van der Waals surface area (Å²) in [6, 6.07) is 7.53. The van der Waals surface area contributed by atoms with E-state index in [-0.39, 0.29) is 11.5 Å². The molecule has 3 aromatic rings. The highest BCUT2D eigenvalue weighted by Crippen LogP contribution is 2.40. The van der Waals surface area contributed by atoms with Gasteiger partial charge in [0.05, 0.1) is 17.8 Å². The number of nitriles is 1. The molecule has 5 atom stereocenters. The lowest BCUT2D eigenvalue weighted by molar-refractivity contribution is -0.186. The van der Waals surface area contributed by atoms with E-state index in [0.717, 1.165) is 11.8 Å². The molecule has 12 heteroatoms. The Morgan fingerprint density at radius 3 is 2.85 bits per heavy atom. The molecule has 1 aromatic carbocycles. The summed E-state index contributed by atoms with van der Waals surface area (Å²) >= 11 is 7.20. The van der Waals surface area contributed by atoms with Crippen LogP contribution in [-0.4, -0.2) is 67.7 Å². The number of hydrogen-bond acceptors (Lipinski definition) is 9. The largest absolute Gasteiger partial charge is 0.394 e. The van der Waals surface area contributed by atoms with E-state index in [0.29, 0.717) is 26.7 Å². The van der Waals surface area contributed by atoms with Crippen molar-refractivity contribution in [1.29, 1.82) is 5.26 Å². The summed E-state index contributed by atoms with van der Waals surface area (Å²) in [5.41, 5.74) is 0.836. The fraction of sp³-hybridized carbons (Fsp3) is 0.364. The van der Waals surface area contributed by atoms with Crippen molar-refractivity contribution in [3.05, 3.63) is 58.8 Å². The van der Waals surface area contributed by atoms with Gasteiger partial charge < -0.3 is 19.7 Å². The number of methoxy groups -OCH3 is 1. The fourth-order valence-electron chi connectivity index (χ4n) is 3.74. The van der Waals surface area contributed by atoms with E-state index in [4.69, 9.17) is 21.1 Å². The summed E-state index contributed by atoms with van der Waals surface area (Å²) in [6.45, 7) is 1.20. The van der Waals surface area contributed by atoms with Gasteiger partial charge in [-0.25, -0.2) is 14.1 Å². The van der Waals surface area contributed by atoms with Crippen LogP contribution in [0.2, 0.25) is 5.02 Å². The third kappa shape index (κ3) is 4.79. The number of rotatable bonds is 6. The standard InChI is InChI=1S/C22H21ClFN5O4S/c1-11-3-4-12(5-14(11)24)16-9-29(28-27-16)19-20(31)17(10-30)33-22(21(19)32-2)34-18-6-13(23)8-26-15(18)7-25/h3-6,8-9,17,19-22,30-31H,10H2,1-2H3/t17-,19+,20+,21-,22-/m1/s1. The number of nitrogens with zero attached hydrogens (tertiary/aromatic N) is 5. The lowest BCUT2D eigenvalue weighted by Gasteiger charge is -2.43. The van der Waals surface area contributed by atoms with Crippen molar-refractivity contribution in [2.45, 2.75) is 41.6 Å². The Labute approximate surface area is 204 Å². The molecule has 0 saturated carbocycles. The summed E-state index contributed by atoms with van der Waals surface area (Å²) in [6.07, 6.45) is 0.0264. The Kier molecular flexibility index (Phi) is 7.47. The molecule has 0 bridgehead atoms. The topological polar surface area (TPSA) is 126 Å². The van der Waals surface area contributed by atoms with Crippen LogP contribution in [0.3, 0.4) is 0 Å². The molecule has 1 saturated heterocycles. The zero-order valence-electron chi connectivity index (χ0n) is 18.2. The first-order chi connectivity index (χ1) is 16.4. The lowest BCUT2D eigenvalue weighted by Crippen LogP contribution is -2.55. The maximum absolute atomic E-state index is 14.1. The van der Waals surface area contributed by atoms with Crippen molar-refractivity contribution in [2.75, 3.05) is 13.7 Å². The first-order valence-corrected chi connectivity index (χ1v) is 11.5. The highest BCUT2D eigenvalue weighted by atomic mass is 35.5. The number of aromatic nitrogens is 4. The van der Waals surface area contributed by atoms with Crippen LogP contribution < -0.4 is 0 Å². The second kappa shape index (κ2) is 10.4. The lowest BCUT2D eigenvalue weighted by atomic mass is 9.97. The molecule has 178 valence electrons. The van der Waals surface area contributed by atoms with E-state index in [1.54, 1.807) is 31.3 Å². The molecule has 4 rings (SSSR count). The smallest absolute Gasteiger partial charge is 0.154 e. The van der Waals surface area contributed by atoms with Crippen LogP contribution in [0.1, 0.15) is 17.3 Å². The zero-order chi connectivity index (χ0) is 24.4. The molecular formula is C22H21ClFN5O4S. The van der Waals surface area contributed by atoms with E-state index >= 15 is 0 Å². The van der Waals surface area contributed by atoms with Crippen molar-refractivity contribution in [2.24, 2.45) is 0 Å². The predicted molar refractivity (Wildman–Crippen MR) is 122 cm³/mol. The van der Waals surface area contributed by atoms with Gasteiger partial charge >= 0.3 is 0 Å². The molecule has 0 unspecified atom stereocenters. The van der Waals surface area contributed by atoms with Crippen LogP contribution in [0, 0.1) is 24.1 Å². The molecule has 3 heterocycles. The third-order valence-corrected chi connectivity index (χ3v) is 6.93. The maximum atomic E-state index is 14.1. The van der Waals surface area contributed by atoms with Crippen LogP contribution in [0.4, 0.5) is 4.39 Å². The van der Waals surface area contributed by atoms with Crippen LogP contribution in [0.5, 0.6) is 0 Å². The molecule has 2 aromatic heterocycles.